The minimum atomic E-state index is -3.51. The van der Waals surface area contributed by atoms with E-state index in [0.29, 0.717) is 12.1 Å². The largest absolute Gasteiger partial charge is 0.352 e. The van der Waals surface area contributed by atoms with E-state index in [1.165, 1.54) is 24.3 Å². The second-order valence-electron chi connectivity index (χ2n) is 4.31. The molecule has 0 radical (unpaired) electrons. The van der Waals surface area contributed by atoms with Crippen LogP contribution in [0.5, 0.6) is 0 Å². The van der Waals surface area contributed by atoms with Crippen LogP contribution in [-0.4, -0.2) is 26.9 Å². The maximum Gasteiger partial charge on any atom is 0.251 e. The number of sulfonamides is 1. The summed E-state index contributed by atoms with van der Waals surface area (Å²) in [7, 11) is -3.51. The van der Waals surface area contributed by atoms with Gasteiger partial charge in [0.05, 0.1) is 4.90 Å². The number of benzene rings is 1. The summed E-state index contributed by atoms with van der Waals surface area (Å²) in [5.41, 5.74) is 0.448. The molecule has 106 valence electrons. The predicted octanol–water partition coefficient (Wildman–Crippen LogP) is 1.51. The molecule has 1 amide bonds. The van der Waals surface area contributed by atoms with Crippen molar-refractivity contribution in [2.75, 3.05) is 6.54 Å². The lowest BCUT2D eigenvalue weighted by atomic mass is 10.2. The molecule has 5 nitrogen and oxygen atoms in total. The Morgan fingerprint density at radius 2 is 1.79 bits per heavy atom. The molecule has 0 aliphatic carbocycles. The zero-order valence-corrected chi connectivity index (χ0v) is 12.3. The number of carbonyl (C=O) groups excluding carboxylic acids is 1. The van der Waals surface area contributed by atoms with E-state index in [1.54, 1.807) is 6.92 Å². The lowest BCUT2D eigenvalue weighted by molar-refractivity contribution is 0.0955. The first kappa shape index (κ1) is 15.7. The van der Waals surface area contributed by atoms with E-state index >= 15 is 0 Å². The molecule has 6 heteroatoms. The van der Waals surface area contributed by atoms with Gasteiger partial charge in [0, 0.05) is 18.2 Å². The third-order valence-electron chi connectivity index (χ3n) is 2.73. The maximum atomic E-state index is 12.0. The first-order valence-corrected chi connectivity index (χ1v) is 7.79. The van der Waals surface area contributed by atoms with Crippen molar-refractivity contribution in [3.63, 3.8) is 0 Å². The van der Waals surface area contributed by atoms with E-state index in [4.69, 9.17) is 0 Å². The van der Waals surface area contributed by atoms with Crippen LogP contribution in [0.3, 0.4) is 0 Å². The SMILES string of the molecule is CCNC(=O)c1ccc(S(=O)(=O)NC(C)CC)cc1. The standard InChI is InChI=1S/C13H20N2O3S/c1-4-10(3)15-19(17,18)12-8-6-11(7-9-12)13(16)14-5-2/h6-10,15H,4-5H2,1-3H3,(H,14,16). The molecule has 0 fully saturated rings. The number of hydrogen-bond donors (Lipinski definition) is 2. The number of amides is 1. The number of nitrogens with one attached hydrogen (secondary N) is 2. The zero-order chi connectivity index (χ0) is 14.5. The summed E-state index contributed by atoms with van der Waals surface area (Å²) in [6, 6.07) is 5.78. The van der Waals surface area contributed by atoms with Crippen LogP contribution in [0.25, 0.3) is 0 Å². The molecule has 0 saturated heterocycles. The summed E-state index contributed by atoms with van der Waals surface area (Å²) in [5.74, 6) is -0.207. The van der Waals surface area contributed by atoms with Crippen LogP contribution >= 0.6 is 0 Å². The zero-order valence-electron chi connectivity index (χ0n) is 11.4. The molecule has 0 spiro atoms. The Kier molecular flexibility index (Phi) is 5.50. The average Bonchev–Trinajstić information content (AvgIpc) is 2.38. The fourth-order valence-corrected chi connectivity index (χ4v) is 2.79. The number of hydrogen-bond acceptors (Lipinski definition) is 3. The van der Waals surface area contributed by atoms with Gasteiger partial charge in [-0.1, -0.05) is 6.92 Å². The number of carbonyl (C=O) groups is 1. The summed E-state index contributed by atoms with van der Waals surface area (Å²) in [6.07, 6.45) is 0.718. The van der Waals surface area contributed by atoms with Gasteiger partial charge in [-0.05, 0) is 44.5 Å². The van der Waals surface area contributed by atoms with Crippen molar-refractivity contribution >= 4 is 15.9 Å². The molecule has 1 aromatic rings. The van der Waals surface area contributed by atoms with Crippen LogP contribution < -0.4 is 10.0 Å². The van der Waals surface area contributed by atoms with Gasteiger partial charge in [-0.3, -0.25) is 4.79 Å². The Morgan fingerprint density at radius 3 is 2.26 bits per heavy atom. The van der Waals surface area contributed by atoms with Gasteiger partial charge in [0.15, 0.2) is 0 Å². The average molecular weight is 284 g/mol. The Morgan fingerprint density at radius 1 is 1.21 bits per heavy atom. The molecule has 0 saturated carbocycles. The molecule has 0 bridgehead atoms. The Labute approximate surface area is 114 Å². The smallest absolute Gasteiger partial charge is 0.251 e. The highest BCUT2D eigenvalue weighted by Gasteiger charge is 2.16. The summed E-state index contributed by atoms with van der Waals surface area (Å²) in [4.78, 5) is 11.7. The molecule has 19 heavy (non-hydrogen) atoms. The van der Waals surface area contributed by atoms with Gasteiger partial charge in [-0.15, -0.1) is 0 Å². The summed E-state index contributed by atoms with van der Waals surface area (Å²) >= 11 is 0. The van der Waals surface area contributed by atoms with Crippen molar-refractivity contribution in [1.29, 1.82) is 0 Å². The first-order valence-electron chi connectivity index (χ1n) is 6.31. The molecule has 1 atom stereocenters. The van der Waals surface area contributed by atoms with Crippen molar-refractivity contribution in [2.45, 2.75) is 38.1 Å². The molecule has 1 rings (SSSR count). The highest BCUT2D eigenvalue weighted by Crippen LogP contribution is 2.11. The van der Waals surface area contributed by atoms with E-state index in [-0.39, 0.29) is 16.8 Å². The van der Waals surface area contributed by atoms with E-state index in [2.05, 4.69) is 10.0 Å². The summed E-state index contributed by atoms with van der Waals surface area (Å²) in [6.45, 7) is 6.08. The van der Waals surface area contributed by atoms with Crippen LogP contribution in [0.4, 0.5) is 0 Å². The van der Waals surface area contributed by atoms with E-state index in [9.17, 15) is 13.2 Å². The third-order valence-corrected chi connectivity index (χ3v) is 4.34. The quantitative estimate of drug-likeness (QED) is 0.831. The normalized spacial score (nSPS) is 13.0. The summed E-state index contributed by atoms with van der Waals surface area (Å²) < 4.78 is 26.6. The fraction of sp³-hybridized carbons (Fsp3) is 0.462. The van der Waals surface area contributed by atoms with Gasteiger partial charge in [0.25, 0.3) is 5.91 Å². The molecular weight excluding hydrogens is 264 g/mol. The van der Waals surface area contributed by atoms with Crippen molar-refractivity contribution in [3.05, 3.63) is 29.8 Å². The van der Waals surface area contributed by atoms with Crippen molar-refractivity contribution in [3.8, 4) is 0 Å². The lowest BCUT2D eigenvalue weighted by Crippen LogP contribution is -2.32. The highest BCUT2D eigenvalue weighted by molar-refractivity contribution is 7.89. The molecule has 0 aliphatic heterocycles. The molecule has 2 N–H and O–H groups in total. The first-order chi connectivity index (χ1) is 8.90. The van der Waals surface area contributed by atoms with Crippen LogP contribution in [0.15, 0.2) is 29.2 Å². The van der Waals surface area contributed by atoms with Crippen LogP contribution in [0.2, 0.25) is 0 Å². The second kappa shape index (κ2) is 6.68. The second-order valence-corrected chi connectivity index (χ2v) is 6.03. The predicted molar refractivity (Wildman–Crippen MR) is 74.5 cm³/mol. The van der Waals surface area contributed by atoms with E-state index in [1.807, 2.05) is 13.8 Å². The Balaban J connectivity index is 2.89. The van der Waals surface area contributed by atoms with Crippen molar-refractivity contribution in [2.24, 2.45) is 0 Å². The molecular formula is C13H20N2O3S. The van der Waals surface area contributed by atoms with Gasteiger partial charge in [-0.25, -0.2) is 13.1 Å². The van der Waals surface area contributed by atoms with Gasteiger partial charge in [0.1, 0.15) is 0 Å². The molecule has 1 aromatic carbocycles. The van der Waals surface area contributed by atoms with Crippen molar-refractivity contribution in [1.82, 2.24) is 10.0 Å². The minimum Gasteiger partial charge on any atom is -0.352 e. The van der Waals surface area contributed by atoms with E-state index in [0.717, 1.165) is 6.42 Å². The fourth-order valence-electron chi connectivity index (χ4n) is 1.46. The minimum absolute atomic E-state index is 0.118. The number of rotatable bonds is 6. The maximum absolute atomic E-state index is 12.0. The lowest BCUT2D eigenvalue weighted by Gasteiger charge is -2.12. The van der Waals surface area contributed by atoms with Crippen molar-refractivity contribution < 1.29 is 13.2 Å². The Hall–Kier alpha value is -1.40. The monoisotopic (exact) mass is 284 g/mol. The highest BCUT2D eigenvalue weighted by atomic mass is 32.2. The van der Waals surface area contributed by atoms with Gasteiger partial charge >= 0.3 is 0 Å². The van der Waals surface area contributed by atoms with Crippen LogP contribution in [-0.2, 0) is 10.0 Å². The molecule has 0 aliphatic rings. The third kappa shape index (κ3) is 4.33. The van der Waals surface area contributed by atoms with Gasteiger partial charge in [0.2, 0.25) is 10.0 Å². The molecule has 0 heterocycles. The Bertz CT molecular complexity index is 523. The van der Waals surface area contributed by atoms with Crippen LogP contribution in [0.1, 0.15) is 37.6 Å². The van der Waals surface area contributed by atoms with Gasteiger partial charge in [-0.2, -0.15) is 0 Å². The molecule has 1 unspecified atom stereocenters. The summed E-state index contributed by atoms with van der Waals surface area (Å²) in [5, 5.41) is 2.66. The topological polar surface area (TPSA) is 75.3 Å². The molecule has 0 aromatic heterocycles. The van der Waals surface area contributed by atoms with Gasteiger partial charge < -0.3 is 5.32 Å². The van der Waals surface area contributed by atoms with E-state index < -0.39 is 10.0 Å². The van der Waals surface area contributed by atoms with Crippen LogP contribution in [0, 0.1) is 0 Å².